The van der Waals surface area contributed by atoms with Crippen LogP contribution in [0.15, 0.2) is 36.4 Å². The smallest absolute Gasteiger partial charge is 0.123 e. The molecule has 23 heavy (non-hydrogen) atoms. The minimum Gasteiger partial charge on any atom is -0.329 e. The fourth-order valence-electron chi connectivity index (χ4n) is 2.83. The van der Waals surface area contributed by atoms with Crippen LogP contribution in [0.2, 0.25) is 0 Å². The summed E-state index contributed by atoms with van der Waals surface area (Å²) in [6, 6.07) is 11.1. The first kappa shape index (κ1) is 18.4. The summed E-state index contributed by atoms with van der Waals surface area (Å²) in [5, 5.41) is 0. The first-order valence-corrected chi connectivity index (χ1v) is 8.55. The minimum absolute atomic E-state index is 0. The highest BCUT2D eigenvalue weighted by Gasteiger charge is 2.17. The first-order valence-electron chi connectivity index (χ1n) is 7.74. The van der Waals surface area contributed by atoms with Gasteiger partial charge in [-0.05, 0) is 29.8 Å². The van der Waals surface area contributed by atoms with E-state index >= 15 is 0 Å². The van der Waals surface area contributed by atoms with E-state index in [-0.39, 0.29) is 18.2 Å². The third kappa shape index (κ3) is 4.99. The van der Waals surface area contributed by atoms with Gasteiger partial charge in [0.05, 0.1) is 0 Å². The number of thiophene rings is 1. The molecule has 2 heterocycles. The molecule has 0 spiro atoms. The van der Waals surface area contributed by atoms with Crippen LogP contribution in [0.5, 0.6) is 0 Å². The quantitative estimate of drug-likeness (QED) is 0.894. The van der Waals surface area contributed by atoms with Gasteiger partial charge in [-0.1, -0.05) is 12.1 Å². The Morgan fingerprint density at radius 2 is 1.78 bits per heavy atom. The summed E-state index contributed by atoms with van der Waals surface area (Å²) in [6.45, 7) is 7.09. The molecular weight excluding hydrogens is 333 g/mol. The number of hydrogen-bond donors (Lipinski definition) is 1. The van der Waals surface area contributed by atoms with Crippen molar-refractivity contribution in [2.24, 2.45) is 5.73 Å². The molecule has 0 saturated carbocycles. The molecular formula is C17H23ClFN3S. The van der Waals surface area contributed by atoms with Gasteiger partial charge in [0, 0.05) is 55.6 Å². The molecule has 6 heteroatoms. The Hall–Kier alpha value is -0.980. The second-order valence-corrected chi connectivity index (χ2v) is 6.85. The Kier molecular flexibility index (Phi) is 6.99. The summed E-state index contributed by atoms with van der Waals surface area (Å²) >= 11 is 1.76. The average Bonchev–Trinajstić information content (AvgIpc) is 2.98. The molecule has 0 amide bonds. The van der Waals surface area contributed by atoms with Crippen LogP contribution in [0.3, 0.4) is 0 Å². The van der Waals surface area contributed by atoms with Gasteiger partial charge in [0.1, 0.15) is 5.82 Å². The average molecular weight is 356 g/mol. The normalized spacial score (nSPS) is 16.3. The number of piperazine rings is 1. The van der Waals surface area contributed by atoms with Crippen molar-refractivity contribution < 1.29 is 4.39 Å². The van der Waals surface area contributed by atoms with Crippen molar-refractivity contribution in [3.8, 4) is 10.4 Å². The van der Waals surface area contributed by atoms with Gasteiger partial charge in [-0.25, -0.2) is 4.39 Å². The highest BCUT2D eigenvalue weighted by molar-refractivity contribution is 7.15. The maximum atomic E-state index is 13.3. The molecule has 0 radical (unpaired) electrons. The molecule has 1 saturated heterocycles. The topological polar surface area (TPSA) is 32.5 Å². The molecule has 2 N–H and O–H groups in total. The highest BCUT2D eigenvalue weighted by atomic mass is 35.5. The Morgan fingerprint density at radius 3 is 2.48 bits per heavy atom. The lowest BCUT2D eigenvalue weighted by molar-refractivity contribution is 0.130. The van der Waals surface area contributed by atoms with Gasteiger partial charge >= 0.3 is 0 Å². The fraction of sp³-hybridized carbons (Fsp3) is 0.412. The molecule has 0 aliphatic carbocycles. The van der Waals surface area contributed by atoms with Crippen molar-refractivity contribution in [2.75, 3.05) is 39.3 Å². The lowest BCUT2D eigenvalue weighted by Gasteiger charge is -2.34. The number of rotatable bonds is 5. The first-order chi connectivity index (χ1) is 10.7. The van der Waals surface area contributed by atoms with Crippen molar-refractivity contribution in [1.82, 2.24) is 9.80 Å². The lowest BCUT2D eigenvalue weighted by atomic mass is 10.2. The maximum Gasteiger partial charge on any atom is 0.123 e. The second-order valence-electron chi connectivity index (χ2n) is 5.68. The predicted octanol–water partition coefficient (Wildman–Crippen LogP) is 3.05. The summed E-state index contributed by atoms with van der Waals surface area (Å²) in [7, 11) is 0. The van der Waals surface area contributed by atoms with Crippen molar-refractivity contribution in [3.63, 3.8) is 0 Å². The number of nitrogens with two attached hydrogens (primary N) is 1. The van der Waals surface area contributed by atoms with E-state index in [1.54, 1.807) is 23.5 Å². The minimum atomic E-state index is -0.177. The molecule has 1 aliphatic rings. The molecule has 1 aliphatic heterocycles. The van der Waals surface area contributed by atoms with Crippen LogP contribution >= 0.6 is 23.7 Å². The van der Waals surface area contributed by atoms with E-state index in [2.05, 4.69) is 21.9 Å². The number of hydrogen-bond acceptors (Lipinski definition) is 4. The maximum absolute atomic E-state index is 13.3. The Bertz CT molecular complexity index is 611. The molecule has 1 aromatic carbocycles. The Labute approximate surface area is 147 Å². The molecule has 0 atom stereocenters. The van der Waals surface area contributed by atoms with Crippen LogP contribution in [0.1, 0.15) is 4.88 Å². The van der Waals surface area contributed by atoms with Gasteiger partial charge < -0.3 is 5.73 Å². The standard InChI is InChI=1S/C17H22FN3S.ClH/c18-15-3-1-2-14(12-15)17-5-4-16(22-17)13-21-10-8-20(7-6-19)9-11-21;/h1-5,12H,6-11,13,19H2;1H. The van der Waals surface area contributed by atoms with Crippen molar-refractivity contribution in [2.45, 2.75) is 6.54 Å². The number of nitrogens with zero attached hydrogens (tertiary/aromatic N) is 2. The van der Waals surface area contributed by atoms with Gasteiger partial charge in [-0.2, -0.15) is 0 Å². The number of halogens is 2. The molecule has 0 bridgehead atoms. The Balaban J connectivity index is 0.00000192. The van der Waals surface area contributed by atoms with Crippen molar-refractivity contribution in [3.05, 3.63) is 47.1 Å². The molecule has 0 unspecified atom stereocenters. The van der Waals surface area contributed by atoms with E-state index in [0.717, 1.165) is 56.3 Å². The monoisotopic (exact) mass is 355 g/mol. The van der Waals surface area contributed by atoms with E-state index in [0.29, 0.717) is 0 Å². The Morgan fingerprint density at radius 1 is 1.04 bits per heavy atom. The largest absolute Gasteiger partial charge is 0.329 e. The lowest BCUT2D eigenvalue weighted by Crippen LogP contribution is -2.47. The van der Waals surface area contributed by atoms with Gasteiger partial charge in [0.2, 0.25) is 0 Å². The molecule has 3 nitrogen and oxygen atoms in total. The summed E-state index contributed by atoms with van der Waals surface area (Å²) in [5.41, 5.74) is 6.57. The summed E-state index contributed by atoms with van der Waals surface area (Å²) in [4.78, 5) is 7.37. The zero-order valence-electron chi connectivity index (χ0n) is 13.1. The molecule has 3 rings (SSSR count). The summed E-state index contributed by atoms with van der Waals surface area (Å²) in [6.07, 6.45) is 0. The van der Waals surface area contributed by atoms with Gasteiger partial charge in [0.25, 0.3) is 0 Å². The SMILES string of the molecule is Cl.NCCN1CCN(Cc2ccc(-c3cccc(F)c3)s2)CC1. The van der Waals surface area contributed by atoms with Crippen LogP contribution < -0.4 is 5.73 Å². The van der Waals surface area contributed by atoms with Crippen LogP contribution in [0, 0.1) is 5.82 Å². The van der Waals surface area contributed by atoms with Crippen LogP contribution in [0.25, 0.3) is 10.4 Å². The van der Waals surface area contributed by atoms with E-state index < -0.39 is 0 Å². The van der Waals surface area contributed by atoms with Crippen molar-refractivity contribution >= 4 is 23.7 Å². The molecule has 2 aromatic rings. The van der Waals surface area contributed by atoms with Gasteiger partial charge in [0.15, 0.2) is 0 Å². The highest BCUT2D eigenvalue weighted by Crippen LogP contribution is 2.29. The van der Waals surface area contributed by atoms with Crippen LogP contribution in [-0.4, -0.2) is 49.1 Å². The van der Waals surface area contributed by atoms with E-state index in [1.807, 2.05) is 6.07 Å². The molecule has 1 aromatic heterocycles. The zero-order chi connectivity index (χ0) is 15.4. The summed E-state index contributed by atoms with van der Waals surface area (Å²) < 4.78 is 13.3. The molecule has 1 fully saturated rings. The fourth-order valence-corrected chi connectivity index (χ4v) is 3.88. The predicted molar refractivity (Wildman–Crippen MR) is 97.7 cm³/mol. The van der Waals surface area contributed by atoms with Gasteiger partial charge in [-0.15, -0.1) is 23.7 Å². The van der Waals surface area contributed by atoms with E-state index in [1.165, 1.54) is 10.9 Å². The number of benzene rings is 1. The van der Waals surface area contributed by atoms with Crippen LogP contribution in [-0.2, 0) is 6.54 Å². The third-order valence-corrected chi connectivity index (χ3v) is 5.18. The molecule has 126 valence electrons. The zero-order valence-corrected chi connectivity index (χ0v) is 14.7. The van der Waals surface area contributed by atoms with Crippen molar-refractivity contribution in [1.29, 1.82) is 0 Å². The second kappa shape index (κ2) is 8.76. The van der Waals surface area contributed by atoms with E-state index in [4.69, 9.17) is 5.73 Å². The third-order valence-electron chi connectivity index (χ3n) is 4.06. The van der Waals surface area contributed by atoms with Crippen LogP contribution in [0.4, 0.5) is 4.39 Å². The van der Waals surface area contributed by atoms with Gasteiger partial charge in [-0.3, -0.25) is 9.80 Å². The summed E-state index contributed by atoms with van der Waals surface area (Å²) in [5.74, 6) is -0.177. The van der Waals surface area contributed by atoms with E-state index in [9.17, 15) is 4.39 Å².